The van der Waals surface area contributed by atoms with E-state index in [1.807, 2.05) is 52.8 Å². The highest BCUT2D eigenvalue weighted by molar-refractivity contribution is 8.02. The van der Waals surface area contributed by atoms with Crippen LogP contribution in [-0.4, -0.2) is 0 Å². The Labute approximate surface area is 132 Å². The average Bonchev–Trinajstić information content (AvgIpc) is 2.51. The summed E-state index contributed by atoms with van der Waals surface area (Å²) in [5.74, 6) is 1.00. The Morgan fingerprint density at radius 2 is 1.50 bits per heavy atom. The summed E-state index contributed by atoms with van der Waals surface area (Å²) in [5, 5.41) is 0. The maximum Gasteiger partial charge on any atom is 0.0231 e. The van der Waals surface area contributed by atoms with Crippen LogP contribution in [0.4, 0.5) is 0 Å². The maximum atomic E-state index is 3.94. The third-order valence-corrected chi connectivity index (χ3v) is 2.60. The van der Waals surface area contributed by atoms with E-state index in [1.165, 1.54) is 12.0 Å². The molecule has 1 heteroatoms. The minimum Gasteiger partial charge on any atom is -0.122 e. The number of thioether (sulfide) groups is 1. The molecule has 0 fully saturated rings. The van der Waals surface area contributed by atoms with Crippen molar-refractivity contribution in [1.29, 1.82) is 0 Å². The largest absolute Gasteiger partial charge is 0.122 e. The monoisotopic (exact) mass is 294 g/mol. The highest BCUT2D eigenvalue weighted by Crippen LogP contribution is 2.20. The standard InChI is InChI=1S/C12H14S.C3H8.2C2H6/c1-3-7-11(2)13-10-12-8-5-4-6-9-12;1-3-2;2*1-2/h3-9H,2,10H2,1H3;3H2,1-2H3;2*1-2H3/b7-3-;;;. The molecule has 0 heterocycles. The summed E-state index contributed by atoms with van der Waals surface area (Å²) < 4.78 is 0. The lowest BCUT2D eigenvalue weighted by atomic mass is 10.2. The highest BCUT2D eigenvalue weighted by atomic mass is 32.2. The van der Waals surface area contributed by atoms with Gasteiger partial charge in [0.1, 0.15) is 0 Å². The first-order chi connectivity index (χ1) is 9.74. The molecule has 0 N–H and O–H groups in total. The van der Waals surface area contributed by atoms with E-state index < -0.39 is 0 Å². The lowest BCUT2D eigenvalue weighted by Crippen LogP contribution is -1.78. The Morgan fingerprint density at radius 1 is 1.05 bits per heavy atom. The van der Waals surface area contributed by atoms with E-state index in [1.54, 1.807) is 11.8 Å². The van der Waals surface area contributed by atoms with Crippen LogP contribution in [0.5, 0.6) is 0 Å². The van der Waals surface area contributed by atoms with Crippen molar-refractivity contribution < 1.29 is 0 Å². The normalized spacial score (nSPS) is 8.35. The van der Waals surface area contributed by atoms with Gasteiger partial charge in [0.2, 0.25) is 0 Å². The summed E-state index contributed by atoms with van der Waals surface area (Å²) in [5.41, 5.74) is 1.35. The van der Waals surface area contributed by atoms with Gasteiger partial charge in [-0.3, -0.25) is 0 Å². The third kappa shape index (κ3) is 19.4. The van der Waals surface area contributed by atoms with Gasteiger partial charge in [0, 0.05) is 10.7 Å². The Morgan fingerprint density at radius 3 is 1.90 bits per heavy atom. The Kier molecular flexibility index (Phi) is 27.9. The molecule has 0 aliphatic rings. The number of hydrogen-bond acceptors (Lipinski definition) is 1. The minimum absolute atomic E-state index is 1.00. The van der Waals surface area contributed by atoms with Gasteiger partial charge in [0.25, 0.3) is 0 Å². The molecule has 0 aliphatic heterocycles. The van der Waals surface area contributed by atoms with Gasteiger partial charge < -0.3 is 0 Å². The van der Waals surface area contributed by atoms with Gasteiger partial charge in [0.15, 0.2) is 0 Å². The topological polar surface area (TPSA) is 0 Å². The van der Waals surface area contributed by atoms with Crippen LogP contribution in [0.1, 0.15) is 60.5 Å². The summed E-state index contributed by atoms with van der Waals surface area (Å²) in [4.78, 5) is 1.12. The van der Waals surface area contributed by atoms with Gasteiger partial charge in [-0.25, -0.2) is 0 Å². The Balaban J connectivity index is -0.000000355. The molecule has 0 saturated carbocycles. The van der Waals surface area contributed by atoms with Crippen LogP contribution in [0.15, 0.2) is 54.0 Å². The Bertz CT molecular complexity index is 299. The average molecular weight is 295 g/mol. The number of allylic oxidation sites excluding steroid dienone is 2. The predicted molar refractivity (Wildman–Crippen MR) is 100 cm³/mol. The van der Waals surface area contributed by atoms with Crippen molar-refractivity contribution in [2.24, 2.45) is 0 Å². The second-order valence-corrected chi connectivity index (χ2v) is 4.55. The van der Waals surface area contributed by atoms with Crippen LogP contribution < -0.4 is 0 Å². The first-order valence-electron chi connectivity index (χ1n) is 7.72. The first-order valence-corrected chi connectivity index (χ1v) is 8.71. The lowest BCUT2D eigenvalue weighted by Gasteiger charge is -2.00. The van der Waals surface area contributed by atoms with Crippen LogP contribution in [-0.2, 0) is 5.75 Å². The van der Waals surface area contributed by atoms with E-state index in [0.29, 0.717) is 0 Å². The van der Waals surface area contributed by atoms with Gasteiger partial charge in [0.05, 0.1) is 0 Å². The van der Waals surface area contributed by atoms with Crippen molar-refractivity contribution in [3.63, 3.8) is 0 Å². The van der Waals surface area contributed by atoms with Crippen LogP contribution in [0.2, 0.25) is 0 Å². The van der Waals surface area contributed by atoms with E-state index in [4.69, 9.17) is 0 Å². The van der Waals surface area contributed by atoms with E-state index in [9.17, 15) is 0 Å². The van der Waals surface area contributed by atoms with Crippen molar-refractivity contribution in [3.8, 4) is 0 Å². The minimum atomic E-state index is 1.00. The van der Waals surface area contributed by atoms with Crippen molar-refractivity contribution in [1.82, 2.24) is 0 Å². The summed E-state index contributed by atoms with van der Waals surface area (Å²) in [6.07, 6.45) is 5.30. The fourth-order valence-corrected chi connectivity index (χ4v) is 1.76. The highest BCUT2D eigenvalue weighted by Gasteiger charge is 1.92. The zero-order valence-electron chi connectivity index (χ0n) is 14.6. The molecule has 0 unspecified atom stereocenters. The van der Waals surface area contributed by atoms with Crippen molar-refractivity contribution >= 4 is 11.8 Å². The van der Waals surface area contributed by atoms with E-state index in [-0.39, 0.29) is 0 Å². The second kappa shape index (κ2) is 23.2. The SMILES string of the molecule is C=C(/C=C\C)SCc1ccccc1.CC.CC.CCC. The molecule has 1 rings (SSSR count). The molecule has 116 valence electrons. The fraction of sp³-hybridized carbons (Fsp3) is 0.474. The number of benzene rings is 1. The smallest absolute Gasteiger partial charge is 0.0231 e. The molecular formula is C19H34S. The van der Waals surface area contributed by atoms with Crippen LogP contribution in [0, 0.1) is 0 Å². The van der Waals surface area contributed by atoms with Gasteiger partial charge in [-0.1, -0.05) is 97.0 Å². The molecule has 0 nitrogen and oxygen atoms in total. The van der Waals surface area contributed by atoms with Gasteiger partial charge in [-0.15, -0.1) is 11.8 Å². The Hall–Kier alpha value is -0.950. The van der Waals surface area contributed by atoms with Gasteiger partial charge in [-0.05, 0) is 12.5 Å². The van der Waals surface area contributed by atoms with Gasteiger partial charge >= 0.3 is 0 Å². The molecule has 0 aliphatic carbocycles. The summed E-state index contributed by atoms with van der Waals surface area (Å²) in [7, 11) is 0. The molecule has 20 heavy (non-hydrogen) atoms. The molecule has 0 radical (unpaired) electrons. The third-order valence-electron chi connectivity index (χ3n) is 1.62. The van der Waals surface area contributed by atoms with Crippen molar-refractivity contribution in [2.75, 3.05) is 0 Å². The number of hydrogen-bond donors (Lipinski definition) is 0. The van der Waals surface area contributed by atoms with Crippen LogP contribution >= 0.6 is 11.8 Å². The fourth-order valence-electron chi connectivity index (χ4n) is 0.984. The molecule has 0 atom stereocenters. The van der Waals surface area contributed by atoms with Crippen molar-refractivity contribution in [2.45, 2.75) is 60.6 Å². The molecule has 0 aromatic heterocycles. The summed E-state index contributed by atoms with van der Waals surface area (Å²) in [6.45, 7) is 18.2. The quantitative estimate of drug-likeness (QED) is 0.519. The summed E-state index contributed by atoms with van der Waals surface area (Å²) >= 11 is 1.77. The lowest BCUT2D eigenvalue weighted by molar-refractivity contribution is 1.09. The van der Waals surface area contributed by atoms with Crippen LogP contribution in [0.3, 0.4) is 0 Å². The number of rotatable bonds is 4. The second-order valence-electron chi connectivity index (χ2n) is 3.45. The molecule has 0 spiro atoms. The van der Waals surface area contributed by atoms with Crippen LogP contribution in [0.25, 0.3) is 0 Å². The van der Waals surface area contributed by atoms with E-state index in [2.05, 4.69) is 44.7 Å². The molecule has 1 aromatic carbocycles. The summed E-state index contributed by atoms with van der Waals surface area (Å²) in [6, 6.07) is 10.4. The zero-order valence-corrected chi connectivity index (χ0v) is 15.4. The van der Waals surface area contributed by atoms with E-state index in [0.717, 1.165) is 10.7 Å². The predicted octanol–water partition coefficient (Wildman–Crippen LogP) is 7.48. The molecule has 0 saturated heterocycles. The first kappa shape index (κ1) is 24.1. The maximum absolute atomic E-state index is 3.94. The zero-order chi connectivity index (χ0) is 16.2. The van der Waals surface area contributed by atoms with Gasteiger partial charge in [-0.2, -0.15) is 0 Å². The van der Waals surface area contributed by atoms with E-state index >= 15 is 0 Å². The molecule has 1 aromatic rings. The molecular weight excluding hydrogens is 260 g/mol. The molecule has 0 amide bonds. The van der Waals surface area contributed by atoms with Crippen molar-refractivity contribution in [3.05, 3.63) is 59.5 Å². The molecule has 0 bridgehead atoms.